The van der Waals surface area contributed by atoms with E-state index < -0.39 is 0 Å². The van der Waals surface area contributed by atoms with E-state index in [-0.39, 0.29) is 12.1 Å². The Kier molecular flexibility index (Phi) is 4.00. The van der Waals surface area contributed by atoms with Crippen molar-refractivity contribution in [1.82, 2.24) is 5.32 Å². The number of aliphatic hydroxyl groups is 1. The Labute approximate surface area is 92.2 Å². The van der Waals surface area contributed by atoms with Gasteiger partial charge in [0.1, 0.15) is 0 Å². The lowest BCUT2D eigenvalue weighted by molar-refractivity contribution is 0.00901. The van der Waals surface area contributed by atoms with Crippen LogP contribution in [-0.2, 0) is 4.74 Å². The van der Waals surface area contributed by atoms with E-state index in [1.54, 1.807) is 0 Å². The molecule has 2 N–H and O–H groups in total. The fraction of sp³-hybridized carbons (Fsp3) is 1.00. The topological polar surface area (TPSA) is 41.5 Å². The van der Waals surface area contributed by atoms with Crippen LogP contribution in [-0.4, -0.2) is 36.5 Å². The average molecular weight is 213 g/mol. The lowest BCUT2D eigenvalue weighted by atomic mass is 9.98. The van der Waals surface area contributed by atoms with Gasteiger partial charge in [0.05, 0.1) is 12.7 Å². The van der Waals surface area contributed by atoms with Crippen molar-refractivity contribution in [3.8, 4) is 0 Å². The highest BCUT2D eigenvalue weighted by atomic mass is 16.5. The Morgan fingerprint density at radius 3 is 2.60 bits per heavy atom. The highest BCUT2D eigenvalue weighted by Gasteiger charge is 2.33. The molecule has 0 spiro atoms. The van der Waals surface area contributed by atoms with Crippen molar-refractivity contribution in [2.24, 2.45) is 0 Å². The van der Waals surface area contributed by atoms with Gasteiger partial charge in [-0.05, 0) is 32.1 Å². The minimum Gasteiger partial charge on any atom is -0.394 e. The molecule has 0 bridgehead atoms. The first-order valence-corrected chi connectivity index (χ1v) is 6.32. The zero-order valence-electron chi connectivity index (χ0n) is 9.50. The van der Waals surface area contributed by atoms with Crippen LogP contribution >= 0.6 is 0 Å². The van der Waals surface area contributed by atoms with Crippen LogP contribution in [0.5, 0.6) is 0 Å². The predicted octanol–water partition coefficient (Wildman–Crippen LogP) is 1.45. The van der Waals surface area contributed by atoms with Crippen molar-refractivity contribution in [1.29, 1.82) is 0 Å². The summed E-state index contributed by atoms with van der Waals surface area (Å²) in [4.78, 5) is 0. The summed E-state index contributed by atoms with van der Waals surface area (Å²) in [6.45, 7) is 2.11. The van der Waals surface area contributed by atoms with Gasteiger partial charge in [-0.2, -0.15) is 0 Å². The molecule has 3 nitrogen and oxygen atoms in total. The third-order valence-corrected chi connectivity index (χ3v) is 3.84. The molecule has 2 rings (SSSR count). The molecule has 2 fully saturated rings. The van der Waals surface area contributed by atoms with Crippen molar-refractivity contribution >= 4 is 0 Å². The highest BCUT2D eigenvalue weighted by Crippen LogP contribution is 2.29. The zero-order chi connectivity index (χ0) is 10.6. The number of nitrogens with one attached hydrogen (secondary N) is 1. The lowest BCUT2D eigenvalue weighted by Crippen LogP contribution is -2.49. The second-order valence-electron chi connectivity index (χ2n) is 5.02. The summed E-state index contributed by atoms with van der Waals surface area (Å²) in [5.74, 6) is 0. The Morgan fingerprint density at radius 2 is 2.00 bits per heavy atom. The maximum absolute atomic E-state index is 9.44. The molecule has 3 heteroatoms. The van der Waals surface area contributed by atoms with Crippen LogP contribution in [0.15, 0.2) is 0 Å². The van der Waals surface area contributed by atoms with Gasteiger partial charge in [-0.25, -0.2) is 0 Å². The summed E-state index contributed by atoms with van der Waals surface area (Å²) in [6.07, 6.45) is 8.79. The molecule has 1 aliphatic carbocycles. The van der Waals surface area contributed by atoms with Crippen LogP contribution in [0.2, 0.25) is 0 Å². The molecule has 0 aromatic heterocycles. The Morgan fingerprint density at radius 1 is 1.20 bits per heavy atom. The maximum Gasteiger partial charge on any atom is 0.0699 e. The Hall–Kier alpha value is -0.120. The van der Waals surface area contributed by atoms with E-state index in [1.165, 1.54) is 32.1 Å². The van der Waals surface area contributed by atoms with Crippen LogP contribution in [0.1, 0.15) is 44.9 Å². The van der Waals surface area contributed by atoms with Crippen molar-refractivity contribution in [3.63, 3.8) is 0 Å². The van der Waals surface area contributed by atoms with E-state index in [1.807, 2.05) is 0 Å². The van der Waals surface area contributed by atoms with Crippen LogP contribution in [0.25, 0.3) is 0 Å². The molecule has 1 saturated carbocycles. The van der Waals surface area contributed by atoms with E-state index in [9.17, 15) is 5.11 Å². The quantitative estimate of drug-likeness (QED) is 0.742. The molecule has 15 heavy (non-hydrogen) atoms. The largest absolute Gasteiger partial charge is 0.394 e. The predicted molar refractivity (Wildman–Crippen MR) is 59.9 cm³/mol. The van der Waals surface area contributed by atoms with Crippen molar-refractivity contribution in [2.75, 3.05) is 19.8 Å². The van der Waals surface area contributed by atoms with Crippen LogP contribution in [0.4, 0.5) is 0 Å². The van der Waals surface area contributed by atoms with E-state index in [0.29, 0.717) is 6.10 Å². The van der Waals surface area contributed by atoms with Crippen molar-refractivity contribution in [2.45, 2.75) is 56.6 Å². The van der Waals surface area contributed by atoms with Crippen molar-refractivity contribution < 1.29 is 9.84 Å². The van der Waals surface area contributed by atoms with E-state index >= 15 is 0 Å². The number of aliphatic hydroxyl groups excluding tert-OH is 1. The van der Waals surface area contributed by atoms with Gasteiger partial charge in [0, 0.05) is 18.7 Å². The van der Waals surface area contributed by atoms with Gasteiger partial charge < -0.3 is 15.2 Å². The molecule has 0 amide bonds. The molecule has 1 saturated heterocycles. The third-order valence-electron chi connectivity index (χ3n) is 3.84. The number of ether oxygens (including phenoxy) is 1. The van der Waals surface area contributed by atoms with E-state index in [4.69, 9.17) is 4.74 Å². The Bertz CT molecular complexity index is 184. The standard InChI is InChI=1S/C12H23NO2/c14-10-12(6-2-3-7-12)13-9-11-5-1-4-8-15-11/h11,13-14H,1-10H2. The normalized spacial score (nSPS) is 30.6. The number of hydrogen-bond donors (Lipinski definition) is 2. The number of rotatable bonds is 4. The molecule has 1 heterocycles. The van der Waals surface area contributed by atoms with Crippen LogP contribution < -0.4 is 5.32 Å². The van der Waals surface area contributed by atoms with Crippen molar-refractivity contribution in [3.05, 3.63) is 0 Å². The minimum atomic E-state index is 0.0147. The van der Waals surface area contributed by atoms with Gasteiger partial charge >= 0.3 is 0 Å². The van der Waals surface area contributed by atoms with E-state index in [2.05, 4.69) is 5.32 Å². The van der Waals surface area contributed by atoms with Gasteiger partial charge in [0.15, 0.2) is 0 Å². The second-order valence-corrected chi connectivity index (χ2v) is 5.02. The SMILES string of the molecule is OCC1(NCC2CCCCO2)CCCC1. The smallest absolute Gasteiger partial charge is 0.0699 e. The average Bonchev–Trinajstić information content (AvgIpc) is 2.77. The fourth-order valence-electron chi connectivity index (χ4n) is 2.74. The summed E-state index contributed by atoms with van der Waals surface area (Å²) < 4.78 is 5.68. The lowest BCUT2D eigenvalue weighted by Gasteiger charge is -2.31. The second kappa shape index (κ2) is 5.28. The molecule has 1 aliphatic heterocycles. The molecule has 1 unspecified atom stereocenters. The Balaban J connectivity index is 1.75. The molecule has 0 radical (unpaired) electrons. The van der Waals surface area contributed by atoms with E-state index in [0.717, 1.165) is 26.0 Å². The monoisotopic (exact) mass is 213 g/mol. The molecule has 0 aromatic rings. The molecule has 0 aromatic carbocycles. The molecule has 88 valence electrons. The summed E-state index contributed by atoms with van der Waals surface area (Å²) in [7, 11) is 0. The molecule has 1 atom stereocenters. The number of hydrogen-bond acceptors (Lipinski definition) is 3. The van der Waals surface area contributed by atoms with Crippen LogP contribution in [0, 0.1) is 0 Å². The molecular formula is C12H23NO2. The van der Waals surface area contributed by atoms with Gasteiger partial charge in [-0.1, -0.05) is 12.8 Å². The van der Waals surface area contributed by atoms with Crippen LogP contribution in [0.3, 0.4) is 0 Å². The first-order chi connectivity index (χ1) is 7.35. The van der Waals surface area contributed by atoms with Gasteiger partial charge in [-0.15, -0.1) is 0 Å². The summed E-state index contributed by atoms with van der Waals surface area (Å²) in [5, 5.41) is 13.0. The van der Waals surface area contributed by atoms with Gasteiger partial charge in [0.25, 0.3) is 0 Å². The fourth-order valence-corrected chi connectivity index (χ4v) is 2.74. The van der Waals surface area contributed by atoms with Gasteiger partial charge in [-0.3, -0.25) is 0 Å². The molecular weight excluding hydrogens is 190 g/mol. The highest BCUT2D eigenvalue weighted by molar-refractivity contribution is 4.92. The summed E-state index contributed by atoms with van der Waals surface area (Å²) in [6, 6.07) is 0. The first kappa shape index (κ1) is 11.4. The molecule has 2 aliphatic rings. The maximum atomic E-state index is 9.44. The minimum absolute atomic E-state index is 0.0147. The van der Waals surface area contributed by atoms with Gasteiger partial charge in [0.2, 0.25) is 0 Å². The first-order valence-electron chi connectivity index (χ1n) is 6.32. The summed E-state index contributed by atoms with van der Waals surface area (Å²) >= 11 is 0. The summed E-state index contributed by atoms with van der Waals surface area (Å²) in [5.41, 5.74) is 0.0147. The third kappa shape index (κ3) is 2.92. The zero-order valence-corrected chi connectivity index (χ0v) is 9.50.